The van der Waals surface area contributed by atoms with E-state index in [0.717, 1.165) is 36.3 Å². The molecule has 0 bridgehead atoms. The lowest BCUT2D eigenvalue weighted by Crippen LogP contribution is -2.43. The highest BCUT2D eigenvalue weighted by molar-refractivity contribution is 7.99. The third kappa shape index (κ3) is 4.35. The Morgan fingerprint density at radius 3 is 2.46 bits per heavy atom. The normalized spacial score (nSPS) is 18.6. The molecule has 2 unspecified atom stereocenters. The fourth-order valence-electron chi connectivity index (χ4n) is 5.25. The molecule has 1 saturated heterocycles. The summed E-state index contributed by atoms with van der Waals surface area (Å²) in [5.74, 6) is 2.12. The monoisotopic (exact) mass is 489 g/mol. The van der Waals surface area contributed by atoms with Crippen molar-refractivity contribution in [2.24, 2.45) is 11.8 Å². The Morgan fingerprint density at radius 1 is 1.03 bits per heavy atom. The lowest BCUT2D eigenvalue weighted by molar-refractivity contribution is -0.130. The van der Waals surface area contributed by atoms with E-state index in [-0.39, 0.29) is 23.1 Å². The second kappa shape index (κ2) is 9.49. The first-order chi connectivity index (χ1) is 16.8. The summed E-state index contributed by atoms with van der Waals surface area (Å²) < 4.78 is 3.57. The molecule has 1 aliphatic heterocycles. The summed E-state index contributed by atoms with van der Waals surface area (Å²) in [6, 6.07) is 15.4. The summed E-state index contributed by atoms with van der Waals surface area (Å²) in [6.07, 6.45) is 1.16. The molecule has 0 radical (unpaired) electrons. The summed E-state index contributed by atoms with van der Waals surface area (Å²) in [5, 5.41) is 10.1. The predicted molar refractivity (Wildman–Crippen MR) is 140 cm³/mol. The highest BCUT2D eigenvalue weighted by Crippen LogP contribution is 2.28. The zero-order valence-corrected chi connectivity index (χ0v) is 21.5. The van der Waals surface area contributed by atoms with E-state index in [1.807, 2.05) is 57.8 Å². The van der Waals surface area contributed by atoms with E-state index < -0.39 is 0 Å². The summed E-state index contributed by atoms with van der Waals surface area (Å²) in [5.41, 5.74) is 2.48. The van der Waals surface area contributed by atoms with Gasteiger partial charge in [0.25, 0.3) is 5.56 Å². The van der Waals surface area contributed by atoms with E-state index >= 15 is 0 Å². The van der Waals surface area contributed by atoms with Gasteiger partial charge in [0.05, 0.1) is 22.3 Å². The number of aromatic nitrogens is 4. The number of piperidine rings is 1. The number of rotatable bonds is 5. The van der Waals surface area contributed by atoms with Gasteiger partial charge in [-0.15, -0.1) is 10.2 Å². The first-order valence-corrected chi connectivity index (χ1v) is 13.2. The molecule has 8 heteroatoms. The van der Waals surface area contributed by atoms with Crippen molar-refractivity contribution in [3.8, 4) is 5.69 Å². The highest BCUT2D eigenvalue weighted by atomic mass is 32.2. The van der Waals surface area contributed by atoms with Crippen LogP contribution < -0.4 is 5.56 Å². The van der Waals surface area contributed by atoms with Crippen molar-refractivity contribution in [2.45, 2.75) is 45.2 Å². The van der Waals surface area contributed by atoms with Crippen LogP contribution in [0.1, 0.15) is 45.6 Å². The zero-order valence-electron chi connectivity index (χ0n) is 20.6. The number of hydrogen-bond donors (Lipinski definition) is 0. The number of likely N-dealkylation sites (tertiary alicyclic amines) is 1. The summed E-state index contributed by atoms with van der Waals surface area (Å²) in [4.78, 5) is 28.7. The van der Waals surface area contributed by atoms with E-state index in [1.165, 1.54) is 11.8 Å². The molecular formula is C27H31N5O2S. The molecular weight excluding hydrogens is 458 g/mol. The number of hydrogen-bond acceptors (Lipinski definition) is 5. The van der Waals surface area contributed by atoms with Crippen molar-refractivity contribution in [3.63, 3.8) is 0 Å². The fraction of sp³-hybridized carbons (Fsp3) is 0.407. The Kier molecular flexibility index (Phi) is 6.40. The van der Waals surface area contributed by atoms with Crippen molar-refractivity contribution in [1.29, 1.82) is 0 Å². The Balaban J connectivity index is 1.59. The molecule has 4 aromatic rings. The van der Waals surface area contributed by atoms with Crippen molar-refractivity contribution in [1.82, 2.24) is 24.1 Å². The van der Waals surface area contributed by atoms with Gasteiger partial charge in [-0.3, -0.25) is 14.0 Å². The van der Waals surface area contributed by atoms with Crippen LogP contribution in [-0.4, -0.2) is 48.8 Å². The molecule has 0 aliphatic carbocycles. The van der Waals surface area contributed by atoms with Crippen LogP contribution in [0.25, 0.3) is 22.4 Å². The fourth-order valence-corrected chi connectivity index (χ4v) is 6.10. The third-order valence-corrected chi connectivity index (χ3v) is 7.65. The van der Waals surface area contributed by atoms with Gasteiger partial charge in [-0.25, -0.2) is 4.57 Å². The van der Waals surface area contributed by atoms with Crippen LogP contribution in [-0.2, 0) is 4.79 Å². The molecule has 0 N–H and O–H groups in total. The molecule has 1 amide bonds. The van der Waals surface area contributed by atoms with Crippen LogP contribution in [0.4, 0.5) is 0 Å². The second-order valence-electron chi connectivity index (χ2n) is 10.0. The summed E-state index contributed by atoms with van der Waals surface area (Å²) in [7, 11) is 0. The van der Waals surface area contributed by atoms with E-state index in [1.54, 1.807) is 4.57 Å². The molecule has 1 aliphatic rings. The van der Waals surface area contributed by atoms with Crippen LogP contribution >= 0.6 is 11.8 Å². The number of amides is 1. The number of benzene rings is 2. The van der Waals surface area contributed by atoms with Gasteiger partial charge < -0.3 is 4.90 Å². The Morgan fingerprint density at radius 2 is 1.71 bits per heavy atom. The maximum atomic E-state index is 13.7. The maximum absolute atomic E-state index is 13.7. The van der Waals surface area contributed by atoms with Gasteiger partial charge in [-0.2, -0.15) is 0 Å². The van der Waals surface area contributed by atoms with Crippen LogP contribution in [0.15, 0.2) is 58.5 Å². The maximum Gasteiger partial charge on any atom is 0.267 e. The van der Waals surface area contributed by atoms with E-state index in [9.17, 15) is 9.59 Å². The smallest absolute Gasteiger partial charge is 0.267 e. The third-order valence-electron chi connectivity index (χ3n) is 6.74. The van der Waals surface area contributed by atoms with Gasteiger partial charge >= 0.3 is 0 Å². The van der Waals surface area contributed by atoms with Crippen molar-refractivity contribution < 1.29 is 4.79 Å². The predicted octanol–water partition coefficient (Wildman–Crippen LogP) is 4.75. The molecule has 0 saturated carbocycles. The van der Waals surface area contributed by atoms with Crippen molar-refractivity contribution in [3.05, 3.63) is 64.4 Å². The van der Waals surface area contributed by atoms with E-state index in [4.69, 9.17) is 0 Å². The number of nitrogens with zero attached hydrogens (tertiary/aromatic N) is 5. The minimum atomic E-state index is -0.127. The van der Waals surface area contributed by atoms with Crippen LogP contribution in [0.3, 0.4) is 0 Å². The second-order valence-corrected chi connectivity index (χ2v) is 11.0. The lowest BCUT2D eigenvalue weighted by atomic mass is 9.92. The van der Waals surface area contributed by atoms with Gasteiger partial charge in [-0.1, -0.05) is 69.8 Å². The Bertz CT molecular complexity index is 1450. The number of thioether (sulfide) groups is 1. The van der Waals surface area contributed by atoms with Gasteiger partial charge in [0.15, 0.2) is 5.16 Å². The van der Waals surface area contributed by atoms with Gasteiger partial charge in [0, 0.05) is 13.1 Å². The average molecular weight is 490 g/mol. The number of carbonyl (C=O) groups is 1. The zero-order chi connectivity index (χ0) is 24.7. The van der Waals surface area contributed by atoms with Crippen molar-refractivity contribution in [2.75, 3.05) is 18.8 Å². The van der Waals surface area contributed by atoms with Gasteiger partial charge in [0.2, 0.25) is 11.7 Å². The summed E-state index contributed by atoms with van der Waals surface area (Å²) >= 11 is 1.38. The molecule has 2 aromatic carbocycles. The van der Waals surface area contributed by atoms with Crippen molar-refractivity contribution >= 4 is 34.3 Å². The first-order valence-electron chi connectivity index (χ1n) is 12.2. The molecule has 1 fully saturated rings. The van der Waals surface area contributed by atoms with Crippen LogP contribution in [0, 0.1) is 11.8 Å². The van der Waals surface area contributed by atoms with Gasteiger partial charge in [-0.05, 0) is 47.9 Å². The quantitative estimate of drug-likeness (QED) is 0.378. The molecule has 2 atom stereocenters. The molecule has 0 spiro atoms. The minimum Gasteiger partial charge on any atom is -0.341 e. The largest absolute Gasteiger partial charge is 0.341 e. The topological polar surface area (TPSA) is 72.5 Å². The molecule has 3 heterocycles. The molecule has 182 valence electrons. The average Bonchev–Trinajstić information content (AvgIpc) is 3.26. The number of carbonyl (C=O) groups excluding carboxylic acids is 1. The molecule has 5 rings (SSSR count). The van der Waals surface area contributed by atoms with Crippen LogP contribution in [0.5, 0.6) is 0 Å². The summed E-state index contributed by atoms with van der Waals surface area (Å²) in [6.45, 7) is 10.2. The Labute approximate surface area is 209 Å². The van der Waals surface area contributed by atoms with Crippen LogP contribution in [0.2, 0.25) is 0 Å². The lowest BCUT2D eigenvalue weighted by Gasteiger charge is -2.34. The minimum absolute atomic E-state index is 0.118. The number of para-hydroxylation sites is 2. The molecule has 2 aromatic heterocycles. The first kappa shape index (κ1) is 23.6. The number of fused-ring (bicyclic) bond motifs is 3. The molecule has 7 nitrogen and oxygen atoms in total. The van der Waals surface area contributed by atoms with E-state index in [0.29, 0.717) is 28.2 Å². The van der Waals surface area contributed by atoms with E-state index in [2.05, 4.69) is 37.9 Å². The van der Waals surface area contributed by atoms with Gasteiger partial charge in [0.1, 0.15) is 0 Å². The molecule has 35 heavy (non-hydrogen) atoms. The SMILES string of the molecule is CC1CC(C)CN(C(=O)CSc2nnc3n(-c4ccccc4C(C)C)c(=O)c4ccccc4n23)C1. The Hall–Kier alpha value is -3.13. The highest BCUT2D eigenvalue weighted by Gasteiger charge is 2.26. The standard InChI is InChI=1S/C27H31N5O2S/c1-17(2)20-9-5-7-11-22(20)31-25(34)21-10-6-8-12-23(21)32-26(31)28-29-27(32)35-16-24(33)30-14-18(3)13-19(4)15-30/h5-12,17-19H,13-16H2,1-4H3.